The summed E-state index contributed by atoms with van der Waals surface area (Å²) in [6.45, 7) is 1.61. The van der Waals surface area contributed by atoms with Crippen molar-refractivity contribution < 1.29 is 22.5 Å². The molecule has 0 aromatic heterocycles. The molecule has 0 radical (unpaired) electrons. The number of aryl methyl sites for hydroxylation is 1. The molecule has 128 valence electrons. The molecule has 0 spiro atoms. The number of carbonyl (C=O) groups excluding carboxylic acids is 1. The average Bonchev–Trinajstić information content (AvgIpc) is 2.56. The smallest absolute Gasteiger partial charge is 0.409 e. The fourth-order valence-corrected chi connectivity index (χ4v) is 3.02. The van der Waals surface area contributed by atoms with Gasteiger partial charge < -0.3 is 4.74 Å². The molecule has 0 saturated heterocycles. The number of anilines is 1. The van der Waals surface area contributed by atoms with E-state index >= 15 is 0 Å². The van der Waals surface area contributed by atoms with Crippen molar-refractivity contribution in [3.63, 3.8) is 0 Å². The van der Waals surface area contributed by atoms with Crippen LogP contribution in [0.3, 0.4) is 0 Å². The lowest BCUT2D eigenvalue weighted by molar-refractivity contribution is 0.215. The third kappa shape index (κ3) is 3.78. The van der Waals surface area contributed by atoms with E-state index in [1.165, 1.54) is 18.2 Å². The van der Waals surface area contributed by atoms with Crippen molar-refractivity contribution in [3.05, 3.63) is 66.2 Å². The summed E-state index contributed by atoms with van der Waals surface area (Å²) in [5.41, 5.74) is 0.864. The van der Waals surface area contributed by atoms with Crippen molar-refractivity contribution in [2.45, 2.75) is 11.8 Å². The summed E-state index contributed by atoms with van der Waals surface area (Å²) in [6.07, 6.45) is -0.695. The fraction of sp³-hybridized carbons (Fsp3) is 0.0556. The molecule has 3 aromatic carbocycles. The zero-order chi connectivity index (χ0) is 18.0. The van der Waals surface area contributed by atoms with Gasteiger partial charge in [0.2, 0.25) is 0 Å². The van der Waals surface area contributed by atoms with Gasteiger partial charge in [0, 0.05) is 11.1 Å². The topological polar surface area (TPSA) is 92.7 Å². The van der Waals surface area contributed by atoms with Crippen molar-refractivity contribution in [2.75, 3.05) is 5.32 Å². The van der Waals surface area contributed by atoms with Crippen LogP contribution < -0.4 is 10.1 Å². The van der Waals surface area contributed by atoms with Gasteiger partial charge >= 0.3 is 6.09 Å². The normalized spacial score (nSPS) is 11.3. The maximum atomic E-state index is 12.2. The number of hydrogen-bond donors (Lipinski definition) is 2. The van der Waals surface area contributed by atoms with Crippen LogP contribution in [0.15, 0.2) is 65.6 Å². The highest BCUT2D eigenvalue weighted by Crippen LogP contribution is 2.26. The Labute approximate surface area is 144 Å². The van der Waals surface area contributed by atoms with Gasteiger partial charge in [-0.1, -0.05) is 36.4 Å². The number of hydrogen-bond acceptors (Lipinski definition) is 4. The number of rotatable bonds is 3. The number of amides is 1. The molecule has 0 bridgehead atoms. The van der Waals surface area contributed by atoms with Crippen LogP contribution in [0, 0.1) is 6.92 Å². The molecule has 0 fully saturated rings. The van der Waals surface area contributed by atoms with Gasteiger partial charge in [-0.25, -0.2) is 4.79 Å². The molecule has 2 N–H and O–H groups in total. The van der Waals surface area contributed by atoms with E-state index in [1.807, 2.05) is 30.3 Å². The van der Waals surface area contributed by atoms with E-state index in [1.54, 1.807) is 19.1 Å². The minimum atomic E-state index is -4.29. The first-order chi connectivity index (χ1) is 11.8. The first-order valence-electron chi connectivity index (χ1n) is 7.39. The summed E-state index contributed by atoms with van der Waals surface area (Å²) in [4.78, 5) is 11.9. The van der Waals surface area contributed by atoms with Crippen LogP contribution >= 0.6 is 0 Å². The van der Waals surface area contributed by atoms with Crippen molar-refractivity contribution >= 4 is 32.7 Å². The maximum absolute atomic E-state index is 12.2. The maximum Gasteiger partial charge on any atom is 0.417 e. The SMILES string of the molecule is Cc1cc(S(=O)(=O)O)ccc1NC(=O)Oc1cccc2ccccc12. The Kier molecular flexibility index (Phi) is 4.43. The average molecular weight is 357 g/mol. The zero-order valence-corrected chi connectivity index (χ0v) is 14.1. The number of carbonyl (C=O) groups is 1. The van der Waals surface area contributed by atoms with Gasteiger partial charge in [-0.05, 0) is 42.1 Å². The van der Waals surface area contributed by atoms with Crippen LogP contribution in [0.5, 0.6) is 5.75 Å². The number of ether oxygens (including phenoxy) is 1. The summed E-state index contributed by atoms with van der Waals surface area (Å²) >= 11 is 0. The van der Waals surface area contributed by atoms with Crippen LogP contribution in [0.4, 0.5) is 10.5 Å². The standard InChI is InChI=1S/C18H15NO5S/c1-12-11-14(25(21,22)23)9-10-16(12)19-18(20)24-17-8-4-6-13-5-2-3-7-15(13)17/h2-11H,1H3,(H,19,20)(H,21,22,23). The Hall–Kier alpha value is -2.90. The van der Waals surface area contributed by atoms with E-state index in [2.05, 4.69) is 5.32 Å². The molecule has 0 unspecified atom stereocenters. The van der Waals surface area contributed by atoms with Gasteiger partial charge in [-0.15, -0.1) is 0 Å². The molecular weight excluding hydrogens is 342 g/mol. The summed E-state index contributed by atoms with van der Waals surface area (Å²) < 4.78 is 36.7. The van der Waals surface area contributed by atoms with Gasteiger partial charge in [0.15, 0.2) is 0 Å². The van der Waals surface area contributed by atoms with Gasteiger partial charge in [-0.2, -0.15) is 8.42 Å². The Bertz CT molecular complexity index is 1050. The van der Waals surface area contributed by atoms with E-state index < -0.39 is 16.2 Å². The Morgan fingerprint density at radius 2 is 1.76 bits per heavy atom. The number of nitrogens with one attached hydrogen (secondary N) is 1. The molecule has 0 aliphatic rings. The van der Waals surface area contributed by atoms with E-state index in [0.717, 1.165) is 10.8 Å². The largest absolute Gasteiger partial charge is 0.417 e. The summed E-state index contributed by atoms with van der Waals surface area (Å²) in [5.74, 6) is 0.419. The van der Waals surface area contributed by atoms with Crippen LogP contribution in [0.25, 0.3) is 10.8 Å². The molecule has 3 aromatic rings. The van der Waals surface area contributed by atoms with Crippen molar-refractivity contribution in [2.24, 2.45) is 0 Å². The second-order valence-electron chi connectivity index (χ2n) is 5.44. The number of benzene rings is 3. The quantitative estimate of drug-likeness (QED) is 0.691. The molecule has 3 rings (SSSR count). The predicted octanol–water partition coefficient (Wildman–Crippen LogP) is 4.01. The molecule has 0 aliphatic heterocycles. The molecule has 0 atom stereocenters. The second-order valence-corrected chi connectivity index (χ2v) is 6.87. The van der Waals surface area contributed by atoms with Gasteiger partial charge in [-0.3, -0.25) is 9.87 Å². The molecule has 0 aliphatic carbocycles. The summed E-state index contributed by atoms with van der Waals surface area (Å²) in [6, 6.07) is 16.8. The summed E-state index contributed by atoms with van der Waals surface area (Å²) in [7, 11) is -4.29. The molecule has 0 heterocycles. The van der Waals surface area contributed by atoms with Crippen LogP contribution in [0.2, 0.25) is 0 Å². The van der Waals surface area contributed by atoms with Crippen molar-refractivity contribution in [1.82, 2.24) is 0 Å². The molecule has 25 heavy (non-hydrogen) atoms. The Morgan fingerprint density at radius 1 is 1.04 bits per heavy atom. The van der Waals surface area contributed by atoms with E-state index in [0.29, 0.717) is 17.0 Å². The molecule has 1 amide bonds. The molecule has 0 saturated carbocycles. The number of fused-ring (bicyclic) bond motifs is 1. The second kappa shape index (κ2) is 6.54. The third-order valence-electron chi connectivity index (χ3n) is 3.68. The highest BCUT2D eigenvalue weighted by Gasteiger charge is 2.13. The lowest BCUT2D eigenvalue weighted by Gasteiger charge is -2.11. The predicted molar refractivity (Wildman–Crippen MR) is 94.6 cm³/mol. The zero-order valence-electron chi connectivity index (χ0n) is 13.3. The van der Waals surface area contributed by atoms with Gasteiger partial charge in [0.1, 0.15) is 5.75 Å². The van der Waals surface area contributed by atoms with Crippen LogP contribution in [0.1, 0.15) is 5.56 Å². The summed E-state index contributed by atoms with van der Waals surface area (Å²) in [5, 5.41) is 4.31. The molecule has 6 nitrogen and oxygen atoms in total. The highest BCUT2D eigenvalue weighted by molar-refractivity contribution is 7.85. The molecular formula is C18H15NO5S. The van der Waals surface area contributed by atoms with E-state index in [9.17, 15) is 13.2 Å². The van der Waals surface area contributed by atoms with Crippen molar-refractivity contribution in [3.8, 4) is 5.75 Å². The van der Waals surface area contributed by atoms with Crippen LogP contribution in [-0.2, 0) is 10.1 Å². The molecule has 7 heteroatoms. The fourth-order valence-electron chi connectivity index (χ4n) is 2.46. The van der Waals surface area contributed by atoms with Crippen molar-refractivity contribution in [1.29, 1.82) is 0 Å². The minimum absolute atomic E-state index is 0.238. The van der Waals surface area contributed by atoms with E-state index in [4.69, 9.17) is 9.29 Å². The third-order valence-corrected chi connectivity index (χ3v) is 4.53. The lowest BCUT2D eigenvalue weighted by atomic mass is 10.1. The van der Waals surface area contributed by atoms with Gasteiger partial charge in [0.25, 0.3) is 10.1 Å². The van der Waals surface area contributed by atoms with Crippen LogP contribution in [-0.4, -0.2) is 19.1 Å². The van der Waals surface area contributed by atoms with Gasteiger partial charge in [0.05, 0.1) is 4.90 Å². The monoisotopic (exact) mass is 357 g/mol. The Morgan fingerprint density at radius 3 is 2.48 bits per heavy atom. The highest BCUT2D eigenvalue weighted by atomic mass is 32.2. The Balaban J connectivity index is 1.81. The first-order valence-corrected chi connectivity index (χ1v) is 8.83. The minimum Gasteiger partial charge on any atom is -0.409 e. The lowest BCUT2D eigenvalue weighted by Crippen LogP contribution is -2.17. The first kappa shape index (κ1) is 16.9. The van der Waals surface area contributed by atoms with E-state index in [-0.39, 0.29) is 4.90 Å².